The van der Waals surface area contributed by atoms with Crippen LogP contribution in [-0.4, -0.2) is 72.8 Å². The van der Waals surface area contributed by atoms with Gasteiger partial charge in [-0.2, -0.15) is 0 Å². The summed E-state index contributed by atoms with van der Waals surface area (Å²) < 4.78 is 25.6. The third kappa shape index (κ3) is 4.33. The van der Waals surface area contributed by atoms with E-state index in [2.05, 4.69) is 20.9 Å². The lowest BCUT2D eigenvalue weighted by Gasteiger charge is -2.28. The van der Waals surface area contributed by atoms with Gasteiger partial charge in [-0.15, -0.1) is 11.3 Å². The fourth-order valence-electron chi connectivity index (χ4n) is 3.09. The Morgan fingerprint density at radius 3 is 2.75 bits per heavy atom. The molecule has 1 fully saturated rings. The van der Waals surface area contributed by atoms with Crippen LogP contribution in [0.1, 0.15) is 4.88 Å². The van der Waals surface area contributed by atoms with Crippen LogP contribution >= 0.6 is 11.3 Å². The SMILES string of the molecule is CN(Cc1cc2c(N3CCOCC3)nc(-c3cncnc3)nc2s1)CS(=O)O. The van der Waals surface area contributed by atoms with Crippen LogP contribution in [0.2, 0.25) is 0 Å². The van der Waals surface area contributed by atoms with Crippen molar-refractivity contribution in [2.75, 3.05) is 44.1 Å². The molecule has 1 atom stereocenters. The average molecular weight is 421 g/mol. The largest absolute Gasteiger partial charge is 0.378 e. The lowest BCUT2D eigenvalue weighted by Crippen LogP contribution is -2.37. The zero-order chi connectivity index (χ0) is 19.5. The molecule has 0 aromatic carbocycles. The van der Waals surface area contributed by atoms with Gasteiger partial charge in [-0.3, -0.25) is 4.90 Å². The summed E-state index contributed by atoms with van der Waals surface area (Å²) in [6.45, 7) is 3.44. The second-order valence-corrected chi connectivity index (χ2v) is 8.51. The first-order valence-electron chi connectivity index (χ1n) is 8.74. The molecule has 0 amide bonds. The maximum atomic E-state index is 11.1. The fraction of sp³-hybridized carbons (Fsp3) is 0.412. The molecule has 0 bridgehead atoms. The van der Waals surface area contributed by atoms with E-state index in [1.165, 1.54) is 6.33 Å². The first-order chi connectivity index (χ1) is 13.6. The number of nitrogens with zero attached hydrogens (tertiary/aromatic N) is 6. The van der Waals surface area contributed by atoms with Crippen molar-refractivity contribution in [3.63, 3.8) is 0 Å². The molecule has 4 heterocycles. The summed E-state index contributed by atoms with van der Waals surface area (Å²) in [6, 6.07) is 2.08. The molecular formula is C17H20N6O3S2. The van der Waals surface area contributed by atoms with Crippen LogP contribution < -0.4 is 4.90 Å². The minimum atomic E-state index is -1.86. The Balaban J connectivity index is 1.75. The van der Waals surface area contributed by atoms with E-state index in [1.807, 2.05) is 11.9 Å². The molecular weight excluding hydrogens is 400 g/mol. The normalized spacial score (nSPS) is 16.0. The fourth-order valence-corrected chi connectivity index (χ4v) is 4.66. The molecule has 0 saturated carbocycles. The predicted molar refractivity (Wildman–Crippen MR) is 109 cm³/mol. The highest BCUT2D eigenvalue weighted by molar-refractivity contribution is 7.79. The van der Waals surface area contributed by atoms with Gasteiger partial charge in [0.1, 0.15) is 22.9 Å². The summed E-state index contributed by atoms with van der Waals surface area (Å²) in [5.41, 5.74) is 0.765. The highest BCUT2D eigenvalue weighted by atomic mass is 32.2. The summed E-state index contributed by atoms with van der Waals surface area (Å²) in [7, 11) is 1.82. The van der Waals surface area contributed by atoms with Crippen LogP contribution in [0.4, 0.5) is 5.82 Å². The Morgan fingerprint density at radius 2 is 2.04 bits per heavy atom. The average Bonchev–Trinajstić information content (AvgIpc) is 3.10. The molecule has 3 aromatic rings. The van der Waals surface area contributed by atoms with E-state index in [0.29, 0.717) is 25.6 Å². The third-order valence-electron chi connectivity index (χ3n) is 4.31. The van der Waals surface area contributed by atoms with Crippen molar-refractivity contribution < 1.29 is 13.5 Å². The highest BCUT2D eigenvalue weighted by Crippen LogP contribution is 2.34. The van der Waals surface area contributed by atoms with Gasteiger partial charge in [0, 0.05) is 36.9 Å². The van der Waals surface area contributed by atoms with Gasteiger partial charge < -0.3 is 14.2 Å². The van der Waals surface area contributed by atoms with Crippen molar-refractivity contribution in [2.45, 2.75) is 6.54 Å². The quantitative estimate of drug-likeness (QED) is 0.595. The van der Waals surface area contributed by atoms with Gasteiger partial charge in [0.2, 0.25) is 0 Å². The lowest BCUT2D eigenvalue weighted by molar-refractivity contribution is 0.122. The number of ether oxygens (including phenoxy) is 1. The monoisotopic (exact) mass is 420 g/mol. The molecule has 9 nitrogen and oxygen atoms in total. The Hall–Kier alpha value is -2.05. The van der Waals surface area contributed by atoms with Gasteiger partial charge in [0.05, 0.1) is 24.2 Å². The van der Waals surface area contributed by atoms with Gasteiger partial charge in [-0.25, -0.2) is 24.1 Å². The number of morpholine rings is 1. The van der Waals surface area contributed by atoms with Crippen molar-refractivity contribution >= 4 is 38.5 Å². The number of hydrogen-bond acceptors (Lipinski definition) is 9. The van der Waals surface area contributed by atoms with Gasteiger partial charge in [-0.05, 0) is 13.1 Å². The summed E-state index contributed by atoms with van der Waals surface area (Å²) in [5.74, 6) is 1.57. The highest BCUT2D eigenvalue weighted by Gasteiger charge is 2.20. The van der Waals surface area contributed by atoms with Gasteiger partial charge in [-0.1, -0.05) is 0 Å². The zero-order valence-electron chi connectivity index (χ0n) is 15.3. The van der Waals surface area contributed by atoms with Crippen molar-refractivity contribution in [1.29, 1.82) is 0 Å². The molecule has 0 radical (unpaired) electrons. The number of hydrogen-bond donors (Lipinski definition) is 1. The summed E-state index contributed by atoms with van der Waals surface area (Å²) >= 11 is -0.290. The number of rotatable bonds is 6. The Kier molecular flexibility index (Phi) is 5.87. The van der Waals surface area contributed by atoms with E-state index in [0.717, 1.165) is 39.6 Å². The minimum absolute atomic E-state index is 0.100. The molecule has 3 aromatic heterocycles. The van der Waals surface area contributed by atoms with Gasteiger partial charge >= 0.3 is 0 Å². The number of fused-ring (bicyclic) bond motifs is 1. The minimum Gasteiger partial charge on any atom is -0.378 e. The van der Waals surface area contributed by atoms with Crippen LogP contribution in [0.3, 0.4) is 0 Å². The third-order valence-corrected chi connectivity index (χ3v) is 5.98. The summed E-state index contributed by atoms with van der Waals surface area (Å²) in [4.78, 5) is 23.7. The molecule has 1 aliphatic rings. The van der Waals surface area contributed by atoms with Gasteiger partial charge in [0.25, 0.3) is 0 Å². The maximum Gasteiger partial charge on any atom is 0.167 e. The van der Waals surface area contributed by atoms with Crippen molar-refractivity contribution in [2.24, 2.45) is 0 Å². The number of thiophene rings is 1. The van der Waals surface area contributed by atoms with E-state index in [1.54, 1.807) is 23.7 Å². The van der Waals surface area contributed by atoms with Gasteiger partial charge in [0.15, 0.2) is 16.9 Å². The molecule has 0 spiro atoms. The second kappa shape index (κ2) is 8.53. The van der Waals surface area contributed by atoms with E-state index >= 15 is 0 Å². The molecule has 1 unspecified atom stereocenters. The smallest absolute Gasteiger partial charge is 0.167 e. The molecule has 28 heavy (non-hydrogen) atoms. The Morgan fingerprint density at radius 1 is 1.29 bits per heavy atom. The van der Waals surface area contributed by atoms with Crippen LogP contribution in [0, 0.1) is 0 Å². The van der Waals surface area contributed by atoms with Crippen LogP contribution in [-0.2, 0) is 22.4 Å². The van der Waals surface area contributed by atoms with Crippen LogP contribution in [0.25, 0.3) is 21.6 Å². The Bertz CT molecular complexity index is 978. The second-order valence-electron chi connectivity index (χ2n) is 6.49. The molecule has 1 aliphatic heterocycles. The van der Waals surface area contributed by atoms with Crippen LogP contribution in [0.15, 0.2) is 24.8 Å². The molecule has 148 valence electrons. The Labute approximate surface area is 168 Å². The van der Waals surface area contributed by atoms with Crippen molar-refractivity contribution in [1.82, 2.24) is 24.8 Å². The predicted octanol–water partition coefficient (Wildman–Crippen LogP) is 1.60. The lowest BCUT2D eigenvalue weighted by atomic mass is 10.2. The van der Waals surface area contributed by atoms with Crippen molar-refractivity contribution in [3.8, 4) is 11.4 Å². The van der Waals surface area contributed by atoms with E-state index in [4.69, 9.17) is 19.3 Å². The summed E-state index contributed by atoms with van der Waals surface area (Å²) in [6.07, 6.45) is 4.89. The standard InChI is InChI=1S/C17H20N6O3S2/c1-22(11-28(24)25)9-13-6-14-16(23-2-4-26-5-3-23)20-15(21-17(14)27-13)12-7-18-10-19-8-12/h6-8,10H,2-5,9,11H2,1H3,(H,24,25). The molecule has 4 rings (SSSR count). The maximum absolute atomic E-state index is 11.1. The molecule has 11 heteroatoms. The first kappa shape index (κ1) is 19.3. The summed E-state index contributed by atoms with van der Waals surface area (Å²) in [5, 5.41) is 0.987. The molecule has 1 N–H and O–H groups in total. The molecule has 0 aliphatic carbocycles. The molecule has 1 saturated heterocycles. The van der Waals surface area contributed by atoms with E-state index < -0.39 is 11.1 Å². The van der Waals surface area contributed by atoms with Crippen molar-refractivity contribution in [3.05, 3.63) is 29.7 Å². The topological polar surface area (TPSA) is 105 Å². The number of aromatic nitrogens is 4. The van der Waals surface area contributed by atoms with E-state index in [9.17, 15) is 4.21 Å². The van der Waals surface area contributed by atoms with Crippen LogP contribution in [0.5, 0.6) is 0 Å². The van der Waals surface area contributed by atoms with E-state index in [-0.39, 0.29) is 5.88 Å². The first-order valence-corrected chi connectivity index (χ1v) is 10.8. The zero-order valence-corrected chi connectivity index (χ0v) is 16.9. The number of anilines is 1.